The van der Waals surface area contributed by atoms with Crippen LogP contribution in [-0.4, -0.2) is 38.6 Å². The SMILES string of the molecule is COc1cc2c(c(CC(=O)CC[O-])c1OC)C(=O)CC=N2. The number of benzene rings is 1. The van der Waals surface area contributed by atoms with Crippen LogP contribution in [0.3, 0.4) is 0 Å². The Morgan fingerprint density at radius 3 is 2.76 bits per heavy atom. The number of hydrogen-bond acceptors (Lipinski definition) is 6. The molecule has 0 N–H and O–H groups in total. The number of Topliss-reactive ketones (excluding diaryl/α,β-unsaturated/α-hetero) is 2. The van der Waals surface area contributed by atoms with E-state index in [9.17, 15) is 14.7 Å². The van der Waals surface area contributed by atoms with Crippen LogP contribution in [0, 0.1) is 0 Å². The monoisotopic (exact) mass is 290 g/mol. The lowest BCUT2D eigenvalue weighted by Gasteiger charge is -2.19. The van der Waals surface area contributed by atoms with E-state index >= 15 is 0 Å². The molecule has 0 atom stereocenters. The molecule has 6 heteroatoms. The van der Waals surface area contributed by atoms with Gasteiger partial charge in [-0.25, -0.2) is 0 Å². The Morgan fingerprint density at radius 2 is 2.14 bits per heavy atom. The normalized spacial score (nSPS) is 13.0. The first-order valence-corrected chi connectivity index (χ1v) is 6.55. The van der Waals surface area contributed by atoms with Crippen molar-refractivity contribution in [3.8, 4) is 11.5 Å². The molecule has 1 aliphatic heterocycles. The molecule has 0 amide bonds. The third-order valence-electron chi connectivity index (χ3n) is 3.29. The maximum atomic E-state index is 12.2. The molecule has 1 aliphatic rings. The number of carbonyl (C=O) groups is 2. The molecule has 0 spiro atoms. The zero-order valence-corrected chi connectivity index (χ0v) is 12.0. The molecule has 0 bridgehead atoms. The molecular weight excluding hydrogens is 274 g/mol. The molecule has 0 aromatic heterocycles. The Labute approximate surface area is 122 Å². The van der Waals surface area contributed by atoms with Crippen LogP contribution >= 0.6 is 0 Å². The Kier molecular flexibility index (Phi) is 4.70. The second-order valence-corrected chi connectivity index (χ2v) is 4.59. The second kappa shape index (κ2) is 6.49. The van der Waals surface area contributed by atoms with Crippen molar-refractivity contribution in [2.75, 3.05) is 20.8 Å². The van der Waals surface area contributed by atoms with E-state index in [0.29, 0.717) is 28.3 Å². The van der Waals surface area contributed by atoms with Gasteiger partial charge in [0.1, 0.15) is 5.78 Å². The van der Waals surface area contributed by atoms with Crippen LogP contribution in [0.5, 0.6) is 11.5 Å². The molecule has 112 valence electrons. The fourth-order valence-electron chi connectivity index (χ4n) is 2.36. The maximum absolute atomic E-state index is 12.2. The van der Waals surface area contributed by atoms with Gasteiger partial charge in [0.05, 0.1) is 25.5 Å². The van der Waals surface area contributed by atoms with Crippen molar-refractivity contribution in [3.05, 3.63) is 17.2 Å². The number of ether oxygens (including phenoxy) is 2. The average Bonchev–Trinajstić information content (AvgIpc) is 2.46. The third kappa shape index (κ3) is 2.95. The number of ketones is 2. The molecule has 21 heavy (non-hydrogen) atoms. The van der Waals surface area contributed by atoms with Gasteiger partial charge < -0.3 is 14.6 Å². The molecule has 0 aliphatic carbocycles. The topological polar surface area (TPSA) is 88.0 Å². The van der Waals surface area contributed by atoms with Gasteiger partial charge in [0, 0.05) is 30.7 Å². The van der Waals surface area contributed by atoms with Gasteiger partial charge in [-0.2, -0.15) is 0 Å². The Morgan fingerprint density at radius 1 is 1.38 bits per heavy atom. The fraction of sp³-hybridized carbons (Fsp3) is 0.400. The van der Waals surface area contributed by atoms with Crippen molar-refractivity contribution in [2.24, 2.45) is 4.99 Å². The van der Waals surface area contributed by atoms with Crippen LogP contribution in [0.15, 0.2) is 11.1 Å². The van der Waals surface area contributed by atoms with E-state index in [4.69, 9.17) is 9.47 Å². The standard InChI is InChI=1S/C15H16NO5/c1-20-13-8-11-14(12(19)3-5-16-11)10(15(13)21-2)7-9(18)4-6-17/h5,8H,3-4,6-7H2,1-2H3/q-1. The van der Waals surface area contributed by atoms with E-state index in [1.165, 1.54) is 20.4 Å². The minimum Gasteiger partial charge on any atom is -0.854 e. The van der Waals surface area contributed by atoms with Crippen LogP contribution in [0.4, 0.5) is 5.69 Å². The number of hydrogen-bond donors (Lipinski definition) is 0. The number of aliphatic imine (C=N–C) groups is 1. The summed E-state index contributed by atoms with van der Waals surface area (Å²) in [5, 5.41) is 10.6. The van der Waals surface area contributed by atoms with Gasteiger partial charge in [-0.15, -0.1) is 6.61 Å². The molecule has 0 unspecified atom stereocenters. The highest BCUT2D eigenvalue weighted by Gasteiger charge is 2.26. The predicted octanol–water partition coefficient (Wildman–Crippen LogP) is 0.854. The van der Waals surface area contributed by atoms with Crippen LogP contribution in [0.25, 0.3) is 0 Å². The molecule has 1 aromatic rings. The quantitative estimate of drug-likeness (QED) is 0.775. The molecule has 1 aromatic carbocycles. The van der Waals surface area contributed by atoms with E-state index in [1.807, 2.05) is 0 Å². The van der Waals surface area contributed by atoms with Gasteiger partial charge in [-0.1, -0.05) is 0 Å². The van der Waals surface area contributed by atoms with Crippen molar-refractivity contribution in [3.63, 3.8) is 0 Å². The van der Waals surface area contributed by atoms with Crippen molar-refractivity contribution in [1.29, 1.82) is 0 Å². The molecular formula is C15H16NO5-. The number of methoxy groups -OCH3 is 2. The largest absolute Gasteiger partial charge is 0.854 e. The summed E-state index contributed by atoms with van der Waals surface area (Å²) in [5.41, 5.74) is 1.30. The summed E-state index contributed by atoms with van der Waals surface area (Å²) >= 11 is 0. The van der Waals surface area contributed by atoms with Crippen LogP contribution in [0.1, 0.15) is 28.8 Å². The highest BCUT2D eigenvalue weighted by Crippen LogP contribution is 2.41. The number of nitrogens with zero attached hydrogens (tertiary/aromatic N) is 1. The first-order valence-electron chi connectivity index (χ1n) is 6.55. The third-order valence-corrected chi connectivity index (χ3v) is 3.29. The van der Waals surface area contributed by atoms with Crippen LogP contribution in [-0.2, 0) is 11.2 Å². The Balaban J connectivity index is 2.60. The van der Waals surface area contributed by atoms with Gasteiger partial charge in [-0.3, -0.25) is 14.6 Å². The van der Waals surface area contributed by atoms with Gasteiger partial charge in [0.15, 0.2) is 17.3 Å². The molecule has 0 saturated carbocycles. The minimum atomic E-state index is -0.473. The number of fused-ring (bicyclic) bond motifs is 1. The van der Waals surface area contributed by atoms with E-state index in [-0.39, 0.29) is 30.8 Å². The summed E-state index contributed by atoms with van der Waals surface area (Å²) < 4.78 is 10.5. The molecule has 6 nitrogen and oxygen atoms in total. The van der Waals surface area contributed by atoms with E-state index in [1.54, 1.807) is 6.07 Å². The first kappa shape index (κ1) is 15.2. The molecule has 2 rings (SSSR count). The average molecular weight is 290 g/mol. The molecule has 0 radical (unpaired) electrons. The highest BCUT2D eigenvalue weighted by molar-refractivity contribution is 6.12. The van der Waals surface area contributed by atoms with Gasteiger partial charge in [0.2, 0.25) is 0 Å². The van der Waals surface area contributed by atoms with Crippen LogP contribution < -0.4 is 14.6 Å². The van der Waals surface area contributed by atoms with Crippen molar-refractivity contribution < 1.29 is 24.2 Å². The van der Waals surface area contributed by atoms with Crippen molar-refractivity contribution >= 4 is 23.5 Å². The molecule has 0 fully saturated rings. The Bertz CT molecular complexity index is 607. The lowest BCUT2D eigenvalue weighted by molar-refractivity contribution is -0.366. The summed E-state index contributed by atoms with van der Waals surface area (Å²) in [6, 6.07) is 1.61. The smallest absolute Gasteiger partial charge is 0.170 e. The zero-order valence-electron chi connectivity index (χ0n) is 12.0. The summed E-state index contributed by atoms with van der Waals surface area (Å²) in [5.74, 6) is 0.404. The second-order valence-electron chi connectivity index (χ2n) is 4.59. The fourth-order valence-corrected chi connectivity index (χ4v) is 2.36. The highest BCUT2D eigenvalue weighted by atomic mass is 16.5. The summed E-state index contributed by atoms with van der Waals surface area (Å²) in [4.78, 5) is 28.2. The zero-order chi connectivity index (χ0) is 15.4. The minimum absolute atomic E-state index is 0.0355. The van der Waals surface area contributed by atoms with Crippen LogP contribution in [0.2, 0.25) is 0 Å². The predicted molar refractivity (Wildman–Crippen MR) is 74.8 cm³/mol. The van der Waals surface area contributed by atoms with Gasteiger partial charge in [-0.05, 0) is 6.42 Å². The first-order chi connectivity index (χ1) is 10.1. The molecule has 0 saturated heterocycles. The number of rotatable bonds is 6. The van der Waals surface area contributed by atoms with Crippen molar-refractivity contribution in [1.82, 2.24) is 0 Å². The van der Waals surface area contributed by atoms with Gasteiger partial charge >= 0.3 is 0 Å². The Hall–Kier alpha value is -2.21. The summed E-state index contributed by atoms with van der Waals surface area (Å²) in [7, 11) is 2.92. The lowest BCUT2D eigenvalue weighted by Crippen LogP contribution is -2.17. The molecule has 1 heterocycles. The summed E-state index contributed by atoms with van der Waals surface area (Å²) in [6.07, 6.45) is 1.60. The van der Waals surface area contributed by atoms with Gasteiger partial charge in [0.25, 0.3) is 0 Å². The van der Waals surface area contributed by atoms with Crippen molar-refractivity contribution in [2.45, 2.75) is 19.3 Å². The summed E-state index contributed by atoms with van der Waals surface area (Å²) in [6.45, 7) is -0.473. The van der Waals surface area contributed by atoms with E-state index < -0.39 is 6.61 Å². The maximum Gasteiger partial charge on any atom is 0.170 e. The lowest BCUT2D eigenvalue weighted by atomic mass is 9.92. The van der Waals surface area contributed by atoms with E-state index in [2.05, 4.69) is 4.99 Å². The number of carbonyl (C=O) groups excluding carboxylic acids is 2. The van der Waals surface area contributed by atoms with E-state index in [0.717, 1.165) is 0 Å².